The van der Waals surface area contributed by atoms with Crippen molar-refractivity contribution in [2.75, 3.05) is 14.1 Å². The van der Waals surface area contributed by atoms with Gasteiger partial charge in [-0.3, -0.25) is 4.90 Å². The molecule has 2 heteroatoms. The molecule has 1 saturated carbocycles. The summed E-state index contributed by atoms with van der Waals surface area (Å²) in [5.74, 6) is 1.54. The minimum Gasteiger partial charge on any atom is -0.299 e. The van der Waals surface area contributed by atoms with Crippen molar-refractivity contribution in [1.29, 1.82) is 0 Å². The largest absolute Gasteiger partial charge is 0.299 e. The molecular weight excluding hydrogens is 242 g/mol. The van der Waals surface area contributed by atoms with Crippen LogP contribution in [0.5, 0.6) is 0 Å². The van der Waals surface area contributed by atoms with E-state index >= 15 is 0 Å². The van der Waals surface area contributed by atoms with Gasteiger partial charge in [0, 0.05) is 10.6 Å². The lowest BCUT2D eigenvalue weighted by Crippen LogP contribution is -2.54. The van der Waals surface area contributed by atoms with Crippen molar-refractivity contribution in [1.82, 2.24) is 4.90 Å². The van der Waals surface area contributed by atoms with E-state index in [2.05, 4.69) is 45.0 Å². The zero-order valence-corrected chi connectivity index (χ0v) is 12.7. The number of rotatable bonds is 4. The topological polar surface area (TPSA) is 3.24 Å². The Bertz CT molecular complexity index is 396. The Morgan fingerprint density at radius 1 is 1.28 bits per heavy atom. The summed E-state index contributed by atoms with van der Waals surface area (Å²) in [5.41, 5.74) is 1.66. The van der Waals surface area contributed by atoms with E-state index in [1.54, 1.807) is 0 Å². The molecule has 1 aromatic rings. The maximum atomic E-state index is 6.01. The summed E-state index contributed by atoms with van der Waals surface area (Å²) < 4.78 is 0. The predicted octanol–water partition coefficient (Wildman–Crippen LogP) is 4.55. The van der Waals surface area contributed by atoms with Gasteiger partial charge >= 0.3 is 0 Å². The van der Waals surface area contributed by atoms with Gasteiger partial charge in [-0.05, 0) is 62.9 Å². The van der Waals surface area contributed by atoms with Gasteiger partial charge in [-0.25, -0.2) is 0 Å². The molecule has 1 aliphatic carbocycles. The van der Waals surface area contributed by atoms with Gasteiger partial charge in [0.1, 0.15) is 0 Å². The quantitative estimate of drug-likeness (QED) is 0.772. The molecule has 0 N–H and O–H groups in total. The molecule has 0 aromatic heterocycles. The van der Waals surface area contributed by atoms with E-state index in [1.165, 1.54) is 24.8 Å². The van der Waals surface area contributed by atoms with Crippen LogP contribution in [0.15, 0.2) is 24.3 Å². The fourth-order valence-corrected chi connectivity index (χ4v) is 3.60. The molecule has 0 spiro atoms. The summed E-state index contributed by atoms with van der Waals surface area (Å²) in [6, 6.07) is 8.45. The van der Waals surface area contributed by atoms with E-state index in [0.29, 0.717) is 0 Å². The lowest BCUT2D eigenvalue weighted by molar-refractivity contribution is -0.0288. The van der Waals surface area contributed by atoms with Crippen molar-refractivity contribution in [3.63, 3.8) is 0 Å². The number of nitrogens with zero attached hydrogens (tertiary/aromatic N) is 1. The van der Waals surface area contributed by atoms with E-state index in [-0.39, 0.29) is 5.54 Å². The highest BCUT2D eigenvalue weighted by molar-refractivity contribution is 6.30. The zero-order chi connectivity index (χ0) is 13.3. The molecule has 0 radical (unpaired) electrons. The van der Waals surface area contributed by atoms with Crippen LogP contribution in [-0.2, 0) is 5.54 Å². The summed E-state index contributed by atoms with van der Waals surface area (Å²) in [6.45, 7) is 4.64. The molecule has 2 unspecified atom stereocenters. The van der Waals surface area contributed by atoms with Crippen LogP contribution in [0.3, 0.4) is 0 Å². The molecule has 18 heavy (non-hydrogen) atoms. The lowest BCUT2D eigenvalue weighted by Gasteiger charge is -2.55. The van der Waals surface area contributed by atoms with Crippen LogP contribution in [0.4, 0.5) is 0 Å². The van der Waals surface area contributed by atoms with Gasteiger partial charge in [-0.1, -0.05) is 37.6 Å². The SMILES string of the molecule is CC(C)CC1CCC1(c1ccc(Cl)cc1)N(C)C. The van der Waals surface area contributed by atoms with Crippen LogP contribution < -0.4 is 0 Å². The Balaban J connectivity index is 2.30. The molecule has 1 aliphatic rings. The summed E-state index contributed by atoms with van der Waals surface area (Å²) in [6.07, 6.45) is 3.92. The van der Waals surface area contributed by atoms with Gasteiger partial charge in [0.15, 0.2) is 0 Å². The third-order valence-electron chi connectivity index (χ3n) is 4.45. The molecule has 2 rings (SSSR count). The Kier molecular flexibility index (Phi) is 4.03. The molecule has 1 nitrogen and oxygen atoms in total. The van der Waals surface area contributed by atoms with Gasteiger partial charge < -0.3 is 0 Å². The normalized spacial score (nSPS) is 27.6. The number of hydrogen-bond acceptors (Lipinski definition) is 1. The minimum atomic E-state index is 0.231. The van der Waals surface area contributed by atoms with Crippen molar-refractivity contribution in [3.8, 4) is 0 Å². The first-order valence-corrected chi connectivity index (χ1v) is 7.28. The third kappa shape index (κ3) is 2.31. The van der Waals surface area contributed by atoms with Crippen molar-refractivity contribution in [2.45, 2.75) is 38.6 Å². The summed E-state index contributed by atoms with van der Waals surface area (Å²) in [7, 11) is 4.42. The number of hydrogen-bond donors (Lipinski definition) is 0. The summed E-state index contributed by atoms with van der Waals surface area (Å²) >= 11 is 6.01. The molecule has 2 atom stereocenters. The van der Waals surface area contributed by atoms with Crippen molar-refractivity contribution in [3.05, 3.63) is 34.9 Å². The second-order valence-electron chi connectivity index (χ2n) is 6.19. The maximum Gasteiger partial charge on any atom is 0.0483 e. The fraction of sp³-hybridized carbons (Fsp3) is 0.625. The molecule has 0 aliphatic heterocycles. The van der Waals surface area contributed by atoms with Crippen LogP contribution in [0.2, 0.25) is 5.02 Å². The average Bonchev–Trinajstić information content (AvgIpc) is 2.27. The van der Waals surface area contributed by atoms with E-state index in [4.69, 9.17) is 11.6 Å². The van der Waals surface area contributed by atoms with Crippen LogP contribution in [0.1, 0.15) is 38.7 Å². The van der Waals surface area contributed by atoms with Gasteiger partial charge in [0.25, 0.3) is 0 Å². The Morgan fingerprint density at radius 2 is 1.89 bits per heavy atom. The average molecular weight is 266 g/mol. The summed E-state index contributed by atoms with van der Waals surface area (Å²) in [5, 5.41) is 0.826. The third-order valence-corrected chi connectivity index (χ3v) is 4.70. The van der Waals surface area contributed by atoms with Gasteiger partial charge in [-0.2, -0.15) is 0 Å². The van der Waals surface area contributed by atoms with E-state index in [0.717, 1.165) is 16.9 Å². The standard InChI is InChI=1S/C16H24ClN/c1-12(2)11-14-9-10-16(14,18(3)4)13-5-7-15(17)8-6-13/h5-8,12,14H,9-11H2,1-4H3. The molecule has 1 aromatic carbocycles. The van der Waals surface area contributed by atoms with Gasteiger partial charge in [0.05, 0.1) is 0 Å². The highest BCUT2D eigenvalue weighted by atomic mass is 35.5. The van der Waals surface area contributed by atoms with Crippen LogP contribution >= 0.6 is 11.6 Å². The van der Waals surface area contributed by atoms with Crippen molar-refractivity contribution >= 4 is 11.6 Å². The first-order chi connectivity index (χ1) is 8.46. The Morgan fingerprint density at radius 3 is 2.28 bits per heavy atom. The van der Waals surface area contributed by atoms with E-state index in [1.807, 2.05) is 12.1 Å². The first-order valence-electron chi connectivity index (χ1n) is 6.90. The second-order valence-corrected chi connectivity index (χ2v) is 6.63. The number of benzene rings is 1. The minimum absolute atomic E-state index is 0.231. The van der Waals surface area contributed by atoms with Crippen LogP contribution in [0, 0.1) is 11.8 Å². The molecule has 0 saturated heterocycles. The zero-order valence-electron chi connectivity index (χ0n) is 11.9. The molecule has 1 fully saturated rings. The van der Waals surface area contributed by atoms with Crippen molar-refractivity contribution in [2.24, 2.45) is 11.8 Å². The molecule has 0 heterocycles. The van der Waals surface area contributed by atoms with Crippen LogP contribution in [0.25, 0.3) is 0 Å². The molecular formula is C16H24ClN. The highest BCUT2D eigenvalue weighted by Gasteiger charge is 2.49. The second kappa shape index (κ2) is 5.22. The fourth-order valence-electron chi connectivity index (χ4n) is 3.47. The molecule has 0 bridgehead atoms. The van der Waals surface area contributed by atoms with Crippen molar-refractivity contribution < 1.29 is 0 Å². The van der Waals surface area contributed by atoms with Crippen LogP contribution in [-0.4, -0.2) is 19.0 Å². The molecule has 0 amide bonds. The lowest BCUT2D eigenvalue weighted by atomic mass is 9.60. The maximum absolute atomic E-state index is 6.01. The smallest absolute Gasteiger partial charge is 0.0483 e. The summed E-state index contributed by atoms with van der Waals surface area (Å²) in [4.78, 5) is 2.41. The first kappa shape index (κ1) is 13.9. The van der Waals surface area contributed by atoms with E-state index < -0.39 is 0 Å². The van der Waals surface area contributed by atoms with Gasteiger partial charge in [0.2, 0.25) is 0 Å². The Hall–Kier alpha value is -0.530. The number of halogens is 1. The predicted molar refractivity (Wildman–Crippen MR) is 79.0 cm³/mol. The molecule has 100 valence electrons. The Labute approximate surface area is 116 Å². The van der Waals surface area contributed by atoms with Gasteiger partial charge in [-0.15, -0.1) is 0 Å². The van der Waals surface area contributed by atoms with E-state index in [9.17, 15) is 0 Å². The monoisotopic (exact) mass is 265 g/mol. The highest BCUT2D eigenvalue weighted by Crippen LogP contribution is 2.52.